The molecule has 2 heterocycles. The molecule has 0 unspecified atom stereocenters. The number of nitrogens with zero attached hydrogens (tertiary/aromatic N) is 1. The number of anilines is 1. The average molecular weight is 324 g/mol. The van der Waals surface area contributed by atoms with Gasteiger partial charge in [0.25, 0.3) is 5.56 Å². The van der Waals surface area contributed by atoms with Gasteiger partial charge in [-0.15, -0.1) is 0 Å². The van der Waals surface area contributed by atoms with Gasteiger partial charge in [0.1, 0.15) is 10.3 Å². The van der Waals surface area contributed by atoms with E-state index in [4.69, 9.17) is 9.47 Å². The van der Waals surface area contributed by atoms with Gasteiger partial charge in [-0.2, -0.15) is 0 Å². The van der Waals surface area contributed by atoms with Gasteiger partial charge in [0.05, 0.1) is 6.33 Å². The second kappa shape index (κ2) is 4.93. The molecular weight excluding hydrogens is 314 g/mol. The summed E-state index contributed by atoms with van der Waals surface area (Å²) in [5.41, 5.74) is 0.722. The summed E-state index contributed by atoms with van der Waals surface area (Å²) in [4.78, 5) is 18.0. The molecular formula is C12H10BrN3O3. The Morgan fingerprint density at radius 1 is 1.42 bits per heavy atom. The summed E-state index contributed by atoms with van der Waals surface area (Å²) >= 11 is 3.19. The Morgan fingerprint density at radius 2 is 2.32 bits per heavy atom. The summed E-state index contributed by atoms with van der Waals surface area (Å²) in [5.74, 6) is 1.95. The highest BCUT2D eigenvalue weighted by Crippen LogP contribution is 2.35. The Kier molecular flexibility index (Phi) is 3.12. The lowest BCUT2D eigenvalue weighted by molar-refractivity contribution is 0.173. The molecule has 0 saturated carbocycles. The van der Waals surface area contributed by atoms with Gasteiger partial charge in [-0.05, 0) is 22.0 Å². The number of fused-ring (bicyclic) bond motifs is 1. The molecule has 0 radical (unpaired) electrons. The number of nitrogens with one attached hydrogen (secondary N) is 2. The SMILES string of the molecule is O=c1[nH]cnc(NCc2cccc3c2OCO3)c1Br. The molecule has 0 bridgehead atoms. The number of rotatable bonds is 3. The van der Waals surface area contributed by atoms with Crippen molar-refractivity contribution in [2.24, 2.45) is 0 Å². The molecule has 1 aliphatic rings. The third-order valence-electron chi connectivity index (χ3n) is 2.72. The van der Waals surface area contributed by atoms with Crippen LogP contribution in [0.2, 0.25) is 0 Å². The molecule has 2 N–H and O–H groups in total. The first-order valence-electron chi connectivity index (χ1n) is 5.60. The van der Waals surface area contributed by atoms with Crippen LogP contribution in [0.15, 0.2) is 33.8 Å². The maximum atomic E-state index is 11.4. The van der Waals surface area contributed by atoms with Crippen molar-refractivity contribution in [1.29, 1.82) is 0 Å². The highest BCUT2D eigenvalue weighted by atomic mass is 79.9. The zero-order valence-electron chi connectivity index (χ0n) is 9.77. The second-order valence-corrected chi connectivity index (χ2v) is 4.69. The monoisotopic (exact) mass is 323 g/mol. The lowest BCUT2D eigenvalue weighted by Gasteiger charge is -2.08. The molecule has 0 spiro atoms. The van der Waals surface area contributed by atoms with Gasteiger partial charge >= 0.3 is 0 Å². The molecule has 3 rings (SSSR count). The summed E-state index contributed by atoms with van der Waals surface area (Å²) in [6.45, 7) is 0.723. The minimum atomic E-state index is -0.227. The number of aromatic nitrogens is 2. The van der Waals surface area contributed by atoms with E-state index in [-0.39, 0.29) is 12.4 Å². The normalized spacial score (nSPS) is 12.5. The fourth-order valence-electron chi connectivity index (χ4n) is 1.82. The van der Waals surface area contributed by atoms with Crippen LogP contribution in [-0.4, -0.2) is 16.8 Å². The van der Waals surface area contributed by atoms with Gasteiger partial charge < -0.3 is 19.8 Å². The molecule has 0 saturated heterocycles. The van der Waals surface area contributed by atoms with Crippen LogP contribution in [0.4, 0.5) is 5.82 Å². The number of para-hydroxylation sites is 1. The Morgan fingerprint density at radius 3 is 3.21 bits per heavy atom. The average Bonchev–Trinajstić information content (AvgIpc) is 2.89. The zero-order chi connectivity index (χ0) is 13.2. The van der Waals surface area contributed by atoms with Gasteiger partial charge in [0, 0.05) is 12.1 Å². The molecule has 2 aromatic rings. The van der Waals surface area contributed by atoms with Gasteiger partial charge in [-0.3, -0.25) is 4.79 Å². The van der Waals surface area contributed by atoms with Gasteiger partial charge in [0.15, 0.2) is 11.5 Å². The topological polar surface area (TPSA) is 76.2 Å². The quantitative estimate of drug-likeness (QED) is 0.901. The van der Waals surface area contributed by atoms with E-state index in [2.05, 4.69) is 31.2 Å². The molecule has 6 nitrogen and oxygen atoms in total. The van der Waals surface area contributed by atoms with E-state index in [0.29, 0.717) is 16.8 Å². The second-order valence-electron chi connectivity index (χ2n) is 3.90. The number of hydrogen-bond donors (Lipinski definition) is 2. The standard InChI is InChI=1S/C12H10BrN3O3/c13-9-11(15-5-16-12(9)17)14-4-7-2-1-3-8-10(7)19-6-18-8/h1-3,5H,4,6H2,(H2,14,15,16,17). The molecule has 0 atom stereocenters. The summed E-state index contributed by atoms with van der Waals surface area (Å²) in [5, 5.41) is 3.09. The van der Waals surface area contributed by atoms with Gasteiger partial charge in [-0.25, -0.2) is 4.98 Å². The molecule has 19 heavy (non-hydrogen) atoms. The smallest absolute Gasteiger partial charge is 0.267 e. The van der Waals surface area contributed by atoms with Crippen molar-refractivity contribution in [2.75, 3.05) is 12.1 Å². The predicted molar refractivity (Wildman–Crippen MR) is 72.4 cm³/mol. The van der Waals surface area contributed by atoms with Crippen LogP contribution in [0.5, 0.6) is 11.5 Å². The summed E-state index contributed by atoms with van der Waals surface area (Å²) in [6.07, 6.45) is 1.35. The highest BCUT2D eigenvalue weighted by Gasteiger charge is 2.17. The lowest BCUT2D eigenvalue weighted by atomic mass is 10.2. The van der Waals surface area contributed by atoms with E-state index < -0.39 is 0 Å². The van der Waals surface area contributed by atoms with E-state index in [0.717, 1.165) is 17.1 Å². The van der Waals surface area contributed by atoms with Gasteiger partial charge in [-0.1, -0.05) is 12.1 Å². The summed E-state index contributed by atoms with van der Waals surface area (Å²) in [7, 11) is 0. The number of hydrogen-bond acceptors (Lipinski definition) is 5. The number of aromatic amines is 1. The number of benzene rings is 1. The first-order chi connectivity index (χ1) is 9.25. The zero-order valence-corrected chi connectivity index (χ0v) is 11.4. The fraction of sp³-hybridized carbons (Fsp3) is 0.167. The van der Waals surface area contributed by atoms with E-state index >= 15 is 0 Å². The fourth-order valence-corrected chi connectivity index (χ4v) is 2.17. The molecule has 1 aliphatic heterocycles. The molecule has 1 aromatic carbocycles. The molecule has 0 amide bonds. The van der Waals surface area contributed by atoms with Crippen molar-refractivity contribution in [1.82, 2.24) is 9.97 Å². The Labute approximate surface area is 116 Å². The summed E-state index contributed by atoms with van der Waals surface area (Å²) in [6, 6.07) is 5.68. The minimum absolute atomic E-state index is 0.227. The molecule has 0 fully saturated rings. The number of H-pyrrole nitrogens is 1. The molecule has 1 aromatic heterocycles. The summed E-state index contributed by atoms with van der Waals surface area (Å²) < 4.78 is 11.1. The van der Waals surface area contributed by atoms with Crippen molar-refractivity contribution in [3.05, 3.63) is 44.9 Å². The predicted octanol–water partition coefficient (Wildman–Crippen LogP) is 1.87. The largest absolute Gasteiger partial charge is 0.454 e. The third-order valence-corrected chi connectivity index (χ3v) is 3.46. The first kappa shape index (κ1) is 12.0. The first-order valence-corrected chi connectivity index (χ1v) is 6.39. The Balaban J connectivity index is 1.82. The van der Waals surface area contributed by atoms with Crippen molar-refractivity contribution < 1.29 is 9.47 Å². The lowest BCUT2D eigenvalue weighted by Crippen LogP contribution is -2.12. The van der Waals surface area contributed by atoms with Crippen LogP contribution in [0.25, 0.3) is 0 Å². The van der Waals surface area contributed by atoms with Crippen molar-refractivity contribution in [3.8, 4) is 11.5 Å². The number of halogens is 1. The van der Waals surface area contributed by atoms with Crippen molar-refractivity contribution in [2.45, 2.75) is 6.54 Å². The van der Waals surface area contributed by atoms with E-state index in [1.807, 2.05) is 18.2 Å². The Hall–Kier alpha value is -2.02. The minimum Gasteiger partial charge on any atom is -0.454 e. The van der Waals surface area contributed by atoms with Crippen LogP contribution in [0.3, 0.4) is 0 Å². The maximum absolute atomic E-state index is 11.4. The van der Waals surface area contributed by atoms with Crippen molar-refractivity contribution in [3.63, 3.8) is 0 Å². The van der Waals surface area contributed by atoms with E-state index in [1.54, 1.807) is 0 Å². The maximum Gasteiger partial charge on any atom is 0.267 e. The van der Waals surface area contributed by atoms with Crippen LogP contribution in [-0.2, 0) is 6.54 Å². The van der Waals surface area contributed by atoms with Gasteiger partial charge in [0.2, 0.25) is 6.79 Å². The van der Waals surface area contributed by atoms with Crippen LogP contribution < -0.4 is 20.3 Å². The van der Waals surface area contributed by atoms with E-state index in [1.165, 1.54) is 6.33 Å². The van der Waals surface area contributed by atoms with Crippen LogP contribution in [0, 0.1) is 0 Å². The van der Waals surface area contributed by atoms with E-state index in [9.17, 15) is 4.79 Å². The van der Waals surface area contributed by atoms with Crippen LogP contribution in [0.1, 0.15) is 5.56 Å². The molecule has 0 aliphatic carbocycles. The molecule has 7 heteroatoms. The highest BCUT2D eigenvalue weighted by molar-refractivity contribution is 9.10. The van der Waals surface area contributed by atoms with Crippen molar-refractivity contribution >= 4 is 21.7 Å². The molecule has 98 valence electrons. The number of ether oxygens (including phenoxy) is 2. The van der Waals surface area contributed by atoms with Crippen LogP contribution >= 0.6 is 15.9 Å². The Bertz CT molecular complexity index is 672. The third kappa shape index (κ3) is 2.28.